The van der Waals surface area contributed by atoms with Crippen molar-refractivity contribution in [3.05, 3.63) is 83.8 Å². The third-order valence-corrected chi connectivity index (χ3v) is 5.82. The molecule has 30 heavy (non-hydrogen) atoms. The Hall–Kier alpha value is -3.32. The van der Waals surface area contributed by atoms with E-state index >= 15 is 0 Å². The van der Waals surface area contributed by atoms with Crippen molar-refractivity contribution in [3.8, 4) is 11.4 Å². The highest BCUT2D eigenvalue weighted by atomic mass is 32.2. The van der Waals surface area contributed by atoms with Crippen LogP contribution in [-0.2, 0) is 18.3 Å². The maximum absolute atomic E-state index is 12.6. The number of aromatic nitrogens is 3. The molecule has 1 amide bonds. The number of nitrogens with one attached hydrogen (secondary N) is 1. The fourth-order valence-corrected chi connectivity index (χ4v) is 3.93. The molecule has 0 spiro atoms. The lowest BCUT2D eigenvalue weighted by Gasteiger charge is -2.11. The SMILES string of the molecule is Cc1occc1-c1nnc(SCC(=O)Nc2ccccc2Cc2ccccc2)n1C. The third kappa shape index (κ3) is 4.46. The normalized spacial score (nSPS) is 10.9. The van der Waals surface area contributed by atoms with Gasteiger partial charge in [0.05, 0.1) is 17.6 Å². The van der Waals surface area contributed by atoms with Crippen LogP contribution < -0.4 is 5.32 Å². The van der Waals surface area contributed by atoms with Crippen LogP contribution in [0.5, 0.6) is 0 Å². The first kappa shape index (κ1) is 20.0. The highest BCUT2D eigenvalue weighted by Gasteiger charge is 2.16. The molecular formula is C23H22N4O2S. The summed E-state index contributed by atoms with van der Waals surface area (Å²) in [7, 11) is 1.89. The molecule has 0 aliphatic rings. The average Bonchev–Trinajstić information content (AvgIpc) is 3.33. The van der Waals surface area contributed by atoms with E-state index in [0.29, 0.717) is 5.16 Å². The monoisotopic (exact) mass is 418 g/mol. The van der Waals surface area contributed by atoms with Gasteiger partial charge >= 0.3 is 0 Å². The van der Waals surface area contributed by atoms with Crippen molar-refractivity contribution in [2.45, 2.75) is 18.5 Å². The van der Waals surface area contributed by atoms with E-state index in [-0.39, 0.29) is 11.7 Å². The Morgan fingerprint density at radius 2 is 1.83 bits per heavy atom. The fraction of sp³-hybridized carbons (Fsp3) is 0.174. The van der Waals surface area contributed by atoms with Gasteiger partial charge in [-0.15, -0.1) is 10.2 Å². The second kappa shape index (κ2) is 9.00. The standard InChI is InChI=1S/C23H22N4O2S/c1-16-19(12-13-29-16)22-25-26-23(27(22)2)30-15-21(28)24-20-11-7-6-10-18(20)14-17-8-4-3-5-9-17/h3-13H,14-15H2,1-2H3,(H,24,28). The van der Waals surface area contributed by atoms with E-state index in [1.807, 2.05) is 67.1 Å². The van der Waals surface area contributed by atoms with Crippen molar-refractivity contribution in [2.24, 2.45) is 7.05 Å². The largest absolute Gasteiger partial charge is 0.469 e. The zero-order valence-corrected chi connectivity index (χ0v) is 17.6. The Morgan fingerprint density at radius 1 is 1.07 bits per heavy atom. The van der Waals surface area contributed by atoms with Gasteiger partial charge in [0.2, 0.25) is 5.91 Å². The lowest BCUT2D eigenvalue weighted by Crippen LogP contribution is -2.15. The van der Waals surface area contributed by atoms with Gasteiger partial charge in [0.15, 0.2) is 11.0 Å². The van der Waals surface area contributed by atoms with Gasteiger partial charge in [0.1, 0.15) is 5.76 Å². The highest BCUT2D eigenvalue weighted by molar-refractivity contribution is 7.99. The molecule has 0 aliphatic heterocycles. The summed E-state index contributed by atoms with van der Waals surface area (Å²) < 4.78 is 7.22. The number of anilines is 1. The van der Waals surface area contributed by atoms with Crippen molar-refractivity contribution in [3.63, 3.8) is 0 Å². The average molecular weight is 419 g/mol. The Labute approximate surface area is 179 Å². The summed E-state index contributed by atoms with van der Waals surface area (Å²) in [5, 5.41) is 12.2. The van der Waals surface area contributed by atoms with Crippen molar-refractivity contribution in [2.75, 3.05) is 11.1 Å². The molecule has 7 heteroatoms. The summed E-state index contributed by atoms with van der Waals surface area (Å²) in [5.74, 6) is 1.67. The molecule has 4 rings (SSSR count). The molecule has 0 unspecified atom stereocenters. The van der Waals surface area contributed by atoms with Crippen LogP contribution in [0, 0.1) is 6.92 Å². The molecule has 0 saturated heterocycles. The predicted molar refractivity (Wildman–Crippen MR) is 118 cm³/mol. The lowest BCUT2D eigenvalue weighted by molar-refractivity contribution is -0.113. The Morgan fingerprint density at radius 3 is 2.60 bits per heavy atom. The summed E-state index contributed by atoms with van der Waals surface area (Å²) in [6.45, 7) is 1.89. The van der Waals surface area contributed by atoms with Crippen molar-refractivity contribution in [1.29, 1.82) is 0 Å². The molecule has 0 fully saturated rings. The summed E-state index contributed by atoms with van der Waals surface area (Å²) in [4.78, 5) is 12.6. The molecule has 2 aromatic heterocycles. The maximum atomic E-state index is 12.6. The Balaban J connectivity index is 1.41. The summed E-state index contributed by atoms with van der Waals surface area (Å²) >= 11 is 1.35. The van der Waals surface area contributed by atoms with Crippen LogP contribution in [0.1, 0.15) is 16.9 Å². The van der Waals surface area contributed by atoms with Crippen LogP contribution >= 0.6 is 11.8 Å². The number of hydrogen-bond donors (Lipinski definition) is 1. The first-order valence-electron chi connectivity index (χ1n) is 9.60. The van der Waals surface area contributed by atoms with E-state index in [1.54, 1.807) is 6.26 Å². The molecule has 6 nitrogen and oxygen atoms in total. The number of amides is 1. The van der Waals surface area contributed by atoms with Gasteiger partial charge in [-0.2, -0.15) is 0 Å². The first-order chi connectivity index (χ1) is 14.6. The molecule has 0 atom stereocenters. The molecule has 2 aromatic carbocycles. The van der Waals surface area contributed by atoms with Crippen molar-refractivity contribution < 1.29 is 9.21 Å². The van der Waals surface area contributed by atoms with Gasteiger partial charge in [-0.05, 0) is 36.6 Å². The summed E-state index contributed by atoms with van der Waals surface area (Å²) in [6, 6.07) is 20.0. The number of rotatable bonds is 7. The van der Waals surface area contributed by atoms with Gasteiger partial charge in [0.25, 0.3) is 0 Å². The molecule has 0 radical (unpaired) electrons. The third-order valence-electron chi connectivity index (χ3n) is 4.80. The van der Waals surface area contributed by atoms with E-state index in [2.05, 4.69) is 27.6 Å². The number of carbonyl (C=O) groups is 1. The zero-order valence-electron chi connectivity index (χ0n) is 16.8. The predicted octanol–water partition coefficient (Wildman–Crippen LogP) is 4.71. The van der Waals surface area contributed by atoms with Crippen molar-refractivity contribution in [1.82, 2.24) is 14.8 Å². The molecular weight excluding hydrogens is 396 g/mol. The van der Waals surface area contributed by atoms with Gasteiger partial charge in [-0.1, -0.05) is 60.3 Å². The number of benzene rings is 2. The number of thioether (sulfide) groups is 1. The molecule has 0 saturated carbocycles. The summed E-state index contributed by atoms with van der Waals surface area (Å²) in [5.41, 5.74) is 4.02. The number of hydrogen-bond acceptors (Lipinski definition) is 5. The van der Waals surface area contributed by atoms with E-state index < -0.39 is 0 Å². The second-order valence-electron chi connectivity index (χ2n) is 6.91. The van der Waals surface area contributed by atoms with Crippen LogP contribution in [0.4, 0.5) is 5.69 Å². The fourth-order valence-electron chi connectivity index (χ4n) is 3.22. The first-order valence-corrected chi connectivity index (χ1v) is 10.6. The topological polar surface area (TPSA) is 72.9 Å². The van der Waals surface area contributed by atoms with Gasteiger partial charge in [-0.3, -0.25) is 4.79 Å². The lowest BCUT2D eigenvalue weighted by atomic mass is 10.0. The number of carbonyl (C=O) groups excluding carboxylic acids is 1. The van der Waals surface area contributed by atoms with E-state index in [4.69, 9.17) is 4.42 Å². The van der Waals surface area contributed by atoms with E-state index in [1.165, 1.54) is 17.3 Å². The van der Waals surface area contributed by atoms with E-state index in [9.17, 15) is 4.79 Å². The Bertz CT molecular complexity index is 1150. The van der Waals surface area contributed by atoms with Crippen LogP contribution in [0.15, 0.2) is 76.5 Å². The molecule has 0 bridgehead atoms. The molecule has 1 N–H and O–H groups in total. The number of furan rings is 1. The van der Waals surface area contributed by atoms with Crippen LogP contribution in [0.2, 0.25) is 0 Å². The molecule has 152 valence electrons. The molecule has 0 aliphatic carbocycles. The number of para-hydroxylation sites is 1. The Kier molecular flexibility index (Phi) is 5.99. The van der Waals surface area contributed by atoms with E-state index in [0.717, 1.165) is 34.8 Å². The zero-order chi connectivity index (χ0) is 20.9. The second-order valence-corrected chi connectivity index (χ2v) is 7.85. The molecule has 4 aromatic rings. The highest BCUT2D eigenvalue weighted by Crippen LogP contribution is 2.26. The van der Waals surface area contributed by atoms with Crippen LogP contribution in [0.25, 0.3) is 11.4 Å². The smallest absolute Gasteiger partial charge is 0.234 e. The molecule has 2 heterocycles. The van der Waals surface area contributed by atoms with Gasteiger partial charge < -0.3 is 14.3 Å². The minimum atomic E-state index is -0.0791. The van der Waals surface area contributed by atoms with Crippen LogP contribution in [0.3, 0.4) is 0 Å². The quantitative estimate of drug-likeness (QED) is 0.440. The van der Waals surface area contributed by atoms with Gasteiger partial charge in [0, 0.05) is 12.7 Å². The summed E-state index contributed by atoms with van der Waals surface area (Å²) in [6.07, 6.45) is 2.40. The van der Waals surface area contributed by atoms with Crippen molar-refractivity contribution >= 4 is 23.4 Å². The maximum Gasteiger partial charge on any atom is 0.234 e. The number of aryl methyl sites for hydroxylation is 1. The van der Waals surface area contributed by atoms with Crippen LogP contribution in [-0.4, -0.2) is 26.4 Å². The number of nitrogens with zero attached hydrogens (tertiary/aromatic N) is 3. The minimum absolute atomic E-state index is 0.0791. The minimum Gasteiger partial charge on any atom is -0.469 e. The van der Waals surface area contributed by atoms with Gasteiger partial charge in [-0.25, -0.2) is 0 Å².